The highest BCUT2D eigenvalue weighted by atomic mass is 15.5. The molecule has 1 N–H and O–H groups in total. The van der Waals surface area contributed by atoms with E-state index in [1.54, 1.807) is 0 Å². The first kappa shape index (κ1) is 14.1. The van der Waals surface area contributed by atoms with Gasteiger partial charge in [0.25, 0.3) is 0 Å². The maximum absolute atomic E-state index is 3.78. The van der Waals surface area contributed by atoms with Gasteiger partial charge < -0.3 is 4.90 Å². The first-order valence-electron chi connectivity index (χ1n) is 7.85. The van der Waals surface area contributed by atoms with Gasteiger partial charge in [0.2, 0.25) is 0 Å². The topological polar surface area (TPSA) is 18.5 Å². The second-order valence-corrected chi connectivity index (χ2v) is 6.98. The Morgan fingerprint density at radius 2 is 1.80 bits per heavy atom. The van der Waals surface area contributed by atoms with E-state index in [9.17, 15) is 0 Å². The van der Waals surface area contributed by atoms with Crippen molar-refractivity contribution in [2.75, 3.05) is 33.2 Å². The van der Waals surface area contributed by atoms with Gasteiger partial charge in [0, 0.05) is 32.2 Å². The van der Waals surface area contributed by atoms with Gasteiger partial charge in [-0.2, -0.15) is 0 Å². The molecule has 3 heteroatoms. The van der Waals surface area contributed by atoms with Crippen LogP contribution in [-0.4, -0.2) is 43.1 Å². The van der Waals surface area contributed by atoms with Crippen molar-refractivity contribution < 1.29 is 0 Å². The first-order chi connectivity index (χ1) is 9.56. The highest BCUT2D eigenvalue weighted by molar-refractivity contribution is 5.37. The van der Waals surface area contributed by atoms with E-state index < -0.39 is 0 Å². The summed E-state index contributed by atoms with van der Waals surface area (Å²) in [4.78, 5) is 2.40. The van der Waals surface area contributed by atoms with Gasteiger partial charge >= 0.3 is 0 Å². The van der Waals surface area contributed by atoms with E-state index in [1.165, 1.54) is 24.0 Å². The van der Waals surface area contributed by atoms with Crippen molar-refractivity contribution in [1.29, 1.82) is 0 Å². The average Bonchev–Trinajstić information content (AvgIpc) is 2.45. The van der Waals surface area contributed by atoms with Crippen molar-refractivity contribution in [1.82, 2.24) is 15.3 Å². The standard InChI is InChI=1S/C17H27N3/c1-17(2)9-8-16(14-6-4-5-7-15(14)17)18-20-12-10-19(3)11-13-20/h4-7,16,18H,8-13H2,1-3H3. The Balaban J connectivity index is 1.75. The Labute approximate surface area is 122 Å². The highest BCUT2D eigenvalue weighted by Crippen LogP contribution is 2.41. The third-order valence-corrected chi connectivity index (χ3v) is 4.97. The summed E-state index contributed by atoms with van der Waals surface area (Å²) in [6.07, 6.45) is 2.49. The third kappa shape index (κ3) is 2.76. The van der Waals surface area contributed by atoms with Gasteiger partial charge in [-0.15, -0.1) is 0 Å². The summed E-state index contributed by atoms with van der Waals surface area (Å²) in [7, 11) is 2.20. The van der Waals surface area contributed by atoms with Gasteiger partial charge in [-0.25, -0.2) is 10.4 Å². The number of likely N-dealkylation sites (N-methyl/N-ethyl adjacent to an activating group) is 1. The van der Waals surface area contributed by atoms with E-state index in [-0.39, 0.29) is 0 Å². The molecule has 1 aliphatic heterocycles. The minimum atomic E-state index is 0.316. The van der Waals surface area contributed by atoms with Crippen LogP contribution in [0.2, 0.25) is 0 Å². The van der Waals surface area contributed by atoms with Crippen molar-refractivity contribution in [3.63, 3.8) is 0 Å². The zero-order valence-electron chi connectivity index (χ0n) is 13.0. The number of hydrazine groups is 1. The summed E-state index contributed by atoms with van der Waals surface area (Å²) in [5.74, 6) is 0. The van der Waals surface area contributed by atoms with Crippen LogP contribution in [-0.2, 0) is 5.41 Å². The minimum absolute atomic E-state index is 0.316. The van der Waals surface area contributed by atoms with Gasteiger partial charge in [-0.1, -0.05) is 38.1 Å². The van der Waals surface area contributed by atoms with Crippen LogP contribution >= 0.6 is 0 Å². The molecule has 0 amide bonds. The molecule has 2 aliphatic rings. The number of nitrogens with one attached hydrogen (secondary N) is 1. The average molecular weight is 273 g/mol. The molecule has 1 aromatic rings. The molecule has 3 rings (SSSR count). The number of hydrogen-bond donors (Lipinski definition) is 1. The van der Waals surface area contributed by atoms with E-state index in [1.807, 2.05) is 0 Å². The Kier molecular flexibility index (Phi) is 3.85. The maximum atomic E-state index is 3.78. The van der Waals surface area contributed by atoms with Crippen molar-refractivity contribution in [3.8, 4) is 0 Å². The summed E-state index contributed by atoms with van der Waals surface area (Å²) in [6, 6.07) is 9.47. The van der Waals surface area contributed by atoms with E-state index in [0.29, 0.717) is 11.5 Å². The van der Waals surface area contributed by atoms with Crippen LogP contribution in [0.4, 0.5) is 0 Å². The zero-order chi connectivity index (χ0) is 14.2. The van der Waals surface area contributed by atoms with Crippen LogP contribution < -0.4 is 5.43 Å². The molecule has 3 nitrogen and oxygen atoms in total. The Bertz CT molecular complexity index is 461. The largest absolute Gasteiger partial charge is 0.304 e. The summed E-state index contributed by atoms with van der Waals surface area (Å²) in [5.41, 5.74) is 7.12. The van der Waals surface area contributed by atoms with Crippen LogP contribution in [0.25, 0.3) is 0 Å². The molecular formula is C17H27N3. The highest BCUT2D eigenvalue weighted by Gasteiger charge is 2.33. The number of nitrogens with zero attached hydrogens (tertiary/aromatic N) is 2. The van der Waals surface area contributed by atoms with Crippen LogP contribution in [0.15, 0.2) is 24.3 Å². The Morgan fingerprint density at radius 1 is 1.10 bits per heavy atom. The third-order valence-electron chi connectivity index (χ3n) is 4.97. The molecule has 0 bridgehead atoms. The molecule has 1 atom stereocenters. The fourth-order valence-electron chi connectivity index (χ4n) is 3.50. The van der Waals surface area contributed by atoms with Gasteiger partial charge in [0.15, 0.2) is 0 Å². The minimum Gasteiger partial charge on any atom is -0.304 e. The normalized spacial score (nSPS) is 27.2. The lowest BCUT2D eigenvalue weighted by Gasteiger charge is -2.41. The van der Waals surface area contributed by atoms with E-state index in [0.717, 1.165) is 26.2 Å². The molecule has 110 valence electrons. The van der Waals surface area contributed by atoms with Crippen molar-refractivity contribution in [3.05, 3.63) is 35.4 Å². The summed E-state index contributed by atoms with van der Waals surface area (Å²) in [6.45, 7) is 9.31. The fourth-order valence-corrected chi connectivity index (χ4v) is 3.50. The van der Waals surface area contributed by atoms with E-state index >= 15 is 0 Å². The molecule has 1 heterocycles. The molecule has 20 heavy (non-hydrogen) atoms. The van der Waals surface area contributed by atoms with Gasteiger partial charge in [0.1, 0.15) is 0 Å². The molecule has 0 aromatic heterocycles. The lowest BCUT2D eigenvalue weighted by Crippen LogP contribution is -2.52. The lowest BCUT2D eigenvalue weighted by molar-refractivity contribution is 0.0802. The van der Waals surface area contributed by atoms with Crippen molar-refractivity contribution in [2.24, 2.45) is 0 Å². The van der Waals surface area contributed by atoms with Gasteiger partial charge in [-0.05, 0) is 36.4 Å². The smallest absolute Gasteiger partial charge is 0.0468 e. The van der Waals surface area contributed by atoms with E-state index in [2.05, 4.69) is 60.5 Å². The molecular weight excluding hydrogens is 246 g/mol. The Hall–Kier alpha value is -0.900. The first-order valence-corrected chi connectivity index (χ1v) is 7.85. The predicted octanol–water partition coefficient (Wildman–Crippen LogP) is 2.55. The van der Waals surface area contributed by atoms with Crippen LogP contribution in [0.5, 0.6) is 0 Å². The number of piperazine rings is 1. The monoisotopic (exact) mass is 273 g/mol. The van der Waals surface area contributed by atoms with Gasteiger partial charge in [-0.3, -0.25) is 0 Å². The second kappa shape index (κ2) is 5.47. The second-order valence-electron chi connectivity index (χ2n) is 6.98. The molecule has 1 aliphatic carbocycles. The molecule has 1 saturated heterocycles. The molecule has 0 saturated carbocycles. The van der Waals surface area contributed by atoms with Crippen LogP contribution in [0.1, 0.15) is 43.9 Å². The number of fused-ring (bicyclic) bond motifs is 1. The number of rotatable bonds is 2. The number of benzene rings is 1. The quantitative estimate of drug-likeness (QED) is 0.893. The number of hydrogen-bond acceptors (Lipinski definition) is 3. The van der Waals surface area contributed by atoms with Crippen LogP contribution in [0.3, 0.4) is 0 Å². The maximum Gasteiger partial charge on any atom is 0.0468 e. The SMILES string of the molecule is CN1CCN(NC2CCC(C)(C)c3ccccc32)CC1. The lowest BCUT2D eigenvalue weighted by atomic mass is 9.71. The molecule has 0 radical (unpaired) electrons. The molecule has 1 fully saturated rings. The van der Waals surface area contributed by atoms with Crippen molar-refractivity contribution in [2.45, 2.75) is 38.1 Å². The summed E-state index contributed by atoms with van der Waals surface area (Å²) < 4.78 is 0. The van der Waals surface area contributed by atoms with Crippen LogP contribution in [0, 0.1) is 0 Å². The van der Waals surface area contributed by atoms with Gasteiger partial charge in [0.05, 0.1) is 0 Å². The molecule has 1 unspecified atom stereocenters. The fraction of sp³-hybridized carbons (Fsp3) is 0.647. The predicted molar refractivity (Wildman–Crippen MR) is 83.6 cm³/mol. The summed E-state index contributed by atoms with van der Waals surface area (Å²) >= 11 is 0. The Morgan fingerprint density at radius 3 is 2.55 bits per heavy atom. The molecule has 0 spiro atoms. The van der Waals surface area contributed by atoms with Crippen molar-refractivity contribution >= 4 is 0 Å². The molecule has 1 aromatic carbocycles. The van der Waals surface area contributed by atoms with E-state index in [4.69, 9.17) is 0 Å². The zero-order valence-corrected chi connectivity index (χ0v) is 13.0. The summed E-state index contributed by atoms with van der Waals surface area (Å²) in [5, 5.41) is 2.42.